The van der Waals surface area contributed by atoms with E-state index in [1.165, 1.54) is 6.07 Å². The van der Waals surface area contributed by atoms with Crippen LogP contribution in [0.15, 0.2) is 84.9 Å². The predicted octanol–water partition coefficient (Wildman–Crippen LogP) is 3.16. The standard InChI is InChI=1S/C28H27FN4O3/c29-23-13-7-8-14-24(23)31-15-17-32(18-16-31)25(34)20-33-26(35)28(30-27(33)36,22-11-5-2-6-12-22)19-21-9-3-1-4-10-21/h1-14H,15-20H2,(H,30,36). The quantitative estimate of drug-likeness (QED) is 0.544. The Balaban J connectivity index is 1.31. The number of rotatable bonds is 6. The molecule has 2 fully saturated rings. The second-order valence-corrected chi connectivity index (χ2v) is 9.07. The first kappa shape index (κ1) is 23.5. The summed E-state index contributed by atoms with van der Waals surface area (Å²) in [5.74, 6) is -1.05. The van der Waals surface area contributed by atoms with E-state index in [1.807, 2.05) is 65.6 Å². The molecule has 8 heteroatoms. The first-order valence-electron chi connectivity index (χ1n) is 12.0. The third kappa shape index (κ3) is 4.42. The van der Waals surface area contributed by atoms with Crippen molar-refractivity contribution in [3.63, 3.8) is 0 Å². The average Bonchev–Trinajstić information content (AvgIpc) is 3.15. The molecule has 2 aliphatic heterocycles. The highest BCUT2D eigenvalue weighted by Gasteiger charge is 2.53. The van der Waals surface area contributed by atoms with Gasteiger partial charge in [0.25, 0.3) is 5.91 Å². The number of anilines is 1. The lowest BCUT2D eigenvalue weighted by Gasteiger charge is -2.36. The van der Waals surface area contributed by atoms with Gasteiger partial charge in [-0.2, -0.15) is 0 Å². The summed E-state index contributed by atoms with van der Waals surface area (Å²) in [4.78, 5) is 44.4. The lowest BCUT2D eigenvalue weighted by Crippen LogP contribution is -2.52. The second kappa shape index (κ2) is 9.81. The highest BCUT2D eigenvalue weighted by molar-refractivity contribution is 6.09. The zero-order chi connectivity index (χ0) is 25.1. The van der Waals surface area contributed by atoms with Crippen LogP contribution in [0.3, 0.4) is 0 Å². The van der Waals surface area contributed by atoms with E-state index in [0.29, 0.717) is 37.4 Å². The van der Waals surface area contributed by atoms with E-state index in [-0.39, 0.29) is 24.7 Å². The fourth-order valence-electron chi connectivity index (χ4n) is 4.95. The van der Waals surface area contributed by atoms with Crippen LogP contribution in [0.4, 0.5) is 14.9 Å². The van der Waals surface area contributed by atoms with Gasteiger partial charge in [0.1, 0.15) is 12.4 Å². The molecule has 0 aliphatic carbocycles. The van der Waals surface area contributed by atoms with Gasteiger partial charge in [0, 0.05) is 32.6 Å². The van der Waals surface area contributed by atoms with E-state index < -0.39 is 17.5 Å². The van der Waals surface area contributed by atoms with Gasteiger partial charge in [0.2, 0.25) is 5.91 Å². The summed E-state index contributed by atoms with van der Waals surface area (Å²) in [5.41, 5.74) is 0.782. The number of hydrogen-bond acceptors (Lipinski definition) is 4. The van der Waals surface area contributed by atoms with Crippen molar-refractivity contribution in [1.82, 2.24) is 15.1 Å². The normalized spacial score (nSPS) is 20.0. The average molecular weight is 487 g/mol. The van der Waals surface area contributed by atoms with Gasteiger partial charge in [-0.15, -0.1) is 0 Å². The number of hydrogen-bond donors (Lipinski definition) is 1. The highest BCUT2D eigenvalue weighted by atomic mass is 19.1. The SMILES string of the molecule is O=C(CN1C(=O)NC(Cc2ccccc2)(c2ccccc2)C1=O)N1CCN(c2ccccc2F)CC1. The minimum Gasteiger partial charge on any atom is -0.366 e. The van der Waals surface area contributed by atoms with Crippen LogP contribution in [0, 0.1) is 5.82 Å². The molecule has 7 nitrogen and oxygen atoms in total. The van der Waals surface area contributed by atoms with Crippen LogP contribution < -0.4 is 10.2 Å². The molecule has 0 radical (unpaired) electrons. The molecule has 2 saturated heterocycles. The second-order valence-electron chi connectivity index (χ2n) is 9.07. The molecule has 3 aromatic rings. The molecule has 0 bridgehead atoms. The third-order valence-electron chi connectivity index (χ3n) is 6.87. The summed E-state index contributed by atoms with van der Waals surface area (Å²) < 4.78 is 14.1. The number of halogens is 1. The van der Waals surface area contributed by atoms with Gasteiger partial charge in [-0.05, 0) is 23.3 Å². The van der Waals surface area contributed by atoms with Gasteiger partial charge >= 0.3 is 6.03 Å². The Morgan fingerprint density at radius 2 is 1.44 bits per heavy atom. The summed E-state index contributed by atoms with van der Waals surface area (Å²) in [5, 5.41) is 2.89. The third-order valence-corrected chi connectivity index (χ3v) is 6.87. The molecular weight excluding hydrogens is 459 g/mol. The van der Waals surface area contributed by atoms with Crippen LogP contribution in [-0.2, 0) is 21.5 Å². The van der Waals surface area contributed by atoms with Gasteiger partial charge < -0.3 is 15.1 Å². The minimum absolute atomic E-state index is 0.272. The Morgan fingerprint density at radius 3 is 2.11 bits per heavy atom. The van der Waals surface area contributed by atoms with E-state index in [4.69, 9.17) is 0 Å². The molecule has 4 amide bonds. The van der Waals surface area contributed by atoms with Crippen LogP contribution in [0.25, 0.3) is 0 Å². The number of nitrogens with one attached hydrogen (secondary N) is 1. The van der Waals surface area contributed by atoms with E-state index in [9.17, 15) is 18.8 Å². The molecule has 1 unspecified atom stereocenters. The van der Waals surface area contributed by atoms with Crippen LogP contribution in [0.5, 0.6) is 0 Å². The van der Waals surface area contributed by atoms with E-state index in [0.717, 1.165) is 10.5 Å². The van der Waals surface area contributed by atoms with Gasteiger partial charge in [-0.3, -0.25) is 14.5 Å². The molecule has 5 rings (SSSR count). The fourth-order valence-corrected chi connectivity index (χ4v) is 4.95. The van der Waals surface area contributed by atoms with E-state index >= 15 is 0 Å². The molecule has 1 N–H and O–H groups in total. The van der Waals surface area contributed by atoms with Gasteiger partial charge in [0.05, 0.1) is 5.69 Å². The largest absolute Gasteiger partial charge is 0.366 e. The number of para-hydroxylation sites is 1. The smallest absolute Gasteiger partial charge is 0.325 e. The summed E-state index contributed by atoms with van der Waals surface area (Å²) >= 11 is 0. The van der Waals surface area contributed by atoms with Crippen LogP contribution >= 0.6 is 0 Å². The van der Waals surface area contributed by atoms with Crippen molar-refractivity contribution in [2.24, 2.45) is 0 Å². The van der Waals surface area contributed by atoms with Crippen molar-refractivity contribution < 1.29 is 18.8 Å². The molecular formula is C28H27FN4O3. The molecule has 0 aromatic heterocycles. The van der Waals surface area contributed by atoms with Crippen molar-refractivity contribution in [1.29, 1.82) is 0 Å². The number of imide groups is 1. The van der Waals surface area contributed by atoms with Crippen LogP contribution in [0.1, 0.15) is 11.1 Å². The lowest BCUT2D eigenvalue weighted by atomic mass is 9.83. The Morgan fingerprint density at radius 1 is 0.833 bits per heavy atom. The van der Waals surface area contributed by atoms with Gasteiger partial charge in [0.15, 0.2) is 5.54 Å². The number of nitrogens with zero attached hydrogens (tertiary/aromatic N) is 3. The maximum atomic E-state index is 14.1. The Kier molecular flexibility index (Phi) is 6.41. The lowest BCUT2D eigenvalue weighted by molar-refractivity contribution is -0.139. The number of carbonyl (C=O) groups excluding carboxylic acids is 3. The van der Waals surface area contributed by atoms with Crippen LogP contribution in [-0.4, -0.2) is 60.4 Å². The van der Waals surface area contributed by atoms with Crippen molar-refractivity contribution in [2.45, 2.75) is 12.0 Å². The zero-order valence-corrected chi connectivity index (χ0v) is 19.8. The van der Waals surface area contributed by atoms with Gasteiger partial charge in [-0.25, -0.2) is 9.18 Å². The number of urea groups is 1. The van der Waals surface area contributed by atoms with Crippen molar-refractivity contribution >= 4 is 23.5 Å². The minimum atomic E-state index is -1.29. The summed E-state index contributed by atoms with van der Waals surface area (Å²) in [6.07, 6.45) is 0.272. The number of carbonyl (C=O) groups is 3. The molecule has 0 saturated carbocycles. The monoisotopic (exact) mass is 486 g/mol. The molecule has 2 heterocycles. The van der Waals surface area contributed by atoms with Crippen molar-refractivity contribution in [3.8, 4) is 0 Å². The number of piperazine rings is 1. The van der Waals surface area contributed by atoms with Crippen molar-refractivity contribution in [3.05, 3.63) is 102 Å². The Hall–Kier alpha value is -4.20. The topological polar surface area (TPSA) is 73.0 Å². The first-order valence-corrected chi connectivity index (χ1v) is 12.0. The highest BCUT2D eigenvalue weighted by Crippen LogP contribution is 2.33. The molecule has 36 heavy (non-hydrogen) atoms. The maximum absolute atomic E-state index is 14.1. The first-order chi connectivity index (χ1) is 17.5. The van der Waals surface area contributed by atoms with Gasteiger partial charge in [-0.1, -0.05) is 72.8 Å². The summed E-state index contributed by atoms with van der Waals surface area (Å²) in [6.45, 7) is 1.35. The maximum Gasteiger partial charge on any atom is 0.325 e. The van der Waals surface area contributed by atoms with E-state index in [2.05, 4.69) is 5.32 Å². The number of amides is 4. The molecule has 3 aromatic carbocycles. The zero-order valence-electron chi connectivity index (χ0n) is 19.8. The summed E-state index contributed by atoms with van der Waals surface area (Å²) in [7, 11) is 0. The number of benzene rings is 3. The van der Waals surface area contributed by atoms with Crippen LogP contribution in [0.2, 0.25) is 0 Å². The Bertz CT molecular complexity index is 1260. The summed E-state index contributed by atoms with van der Waals surface area (Å²) in [6, 6.07) is 24.6. The Labute approximate surface area is 209 Å². The van der Waals surface area contributed by atoms with Crippen molar-refractivity contribution in [2.75, 3.05) is 37.6 Å². The van der Waals surface area contributed by atoms with E-state index in [1.54, 1.807) is 23.1 Å². The predicted molar refractivity (Wildman–Crippen MR) is 134 cm³/mol. The molecule has 2 aliphatic rings. The molecule has 184 valence electrons. The molecule has 0 spiro atoms. The molecule has 1 atom stereocenters. The fraction of sp³-hybridized carbons (Fsp3) is 0.250.